The number of nitrogens with two attached hydrogens (primary N) is 1. The van der Waals surface area contributed by atoms with E-state index >= 15 is 0 Å². The van der Waals surface area contributed by atoms with Gasteiger partial charge >= 0.3 is 0 Å². The highest BCUT2D eigenvalue weighted by molar-refractivity contribution is 5.27. The summed E-state index contributed by atoms with van der Waals surface area (Å²) < 4.78 is 18.7. The Morgan fingerprint density at radius 3 is 2.88 bits per heavy atom. The Hall–Kier alpha value is -0.930. The van der Waals surface area contributed by atoms with E-state index in [0.29, 0.717) is 5.92 Å². The van der Waals surface area contributed by atoms with Gasteiger partial charge in [0.1, 0.15) is 5.82 Å². The molecule has 2 rings (SSSR count). The maximum atomic E-state index is 13.0. The summed E-state index contributed by atoms with van der Waals surface area (Å²) in [4.78, 5) is 0. The lowest BCUT2D eigenvalue weighted by Gasteiger charge is -2.23. The number of ether oxygens (including phenoxy) is 1. The molecule has 17 heavy (non-hydrogen) atoms. The molecule has 0 radical (unpaired) electrons. The molecule has 3 unspecified atom stereocenters. The topological polar surface area (TPSA) is 35.2 Å². The molecule has 0 bridgehead atoms. The van der Waals surface area contributed by atoms with Crippen molar-refractivity contribution < 1.29 is 9.13 Å². The van der Waals surface area contributed by atoms with Gasteiger partial charge in [-0.3, -0.25) is 0 Å². The van der Waals surface area contributed by atoms with Crippen LogP contribution in [0, 0.1) is 18.7 Å². The molecule has 2 nitrogen and oxygen atoms in total. The summed E-state index contributed by atoms with van der Waals surface area (Å²) in [7, 11) is 0. The molecule has 1 fully saturated rings. The van der Waals surface area contributed by atoms with Crippen LogP contribution in [0.15, 0.2) is 18.2 Å². The molecule has 3 atom stereocenters. The largest absolute Gasteiger partial charge is 0.376 e. The molecule has 1 saturated heterocycles. The summed E-state index contributed by atoms with van der Waals surface area (Å²) in [5.41, 5.74) is 8.27. The van der Waals surface area contributed by atoms with Gasteiger partial charge < -0.3 is 10.5 Å². The second kappa shape index (κ2) is 5.15. The summed E-state index contributed by atoms with van der Waals surface area (Å²) in [6.07, 6.45) is 1.97. The predicted octanol–water partition coefficient (Wildman–Crippen LogP) is 2.43. The quantitative estimate of drug-likeness (QED) is 0.876. The summed E-state index contributed by atoms with van der Waals surface area (Å²) in [5, 5.41) is 0. The number of hydrogen-bond acceptors (Lipinski definition) is 2. The highest BCUT2D eigenvalue weighted by atomic mass is 19.1. The van der Waals surface area contributed by atoms with E-state index in [4.69, 9.17) is 10.5 Å². The molecule has 0 amide bonds. The normalized spacial score (nSPS) is 26.1. The van der Waals surface area contributed by atoms with Gasteiger partial charge in [0, 0.05) is 12.6 Å². The molecule has 0 saturated carbocycles. The molecular weight excluding hydrogens is 217 g/mol. The minimum atomic E-state index is -0.190. The average Bonchev–Trinajstić information content (AvgIpc) is 2.68. The van der Waals surface area contributed by atoms with Crippen LogP contribution in [-0.2, 0) is 11.2 Å². The minimum absolute atomic E-state index is 0.00309. The van der Waals surface area contributed by atoms with Crippen LogP contribution in [0.2, 0.25) is 0 Å². The second-order valence-electron chi connectivity index (χ2n) is 5.04. The molecule has 1 aromatic rings. The van der Waals surface area contributed by atoms with Gasteiger partial charge in [0.25, 0.3) is 0 Å². The van der Waals surface area contributed by atoms with Crippen molar-refractivity contribution >= 4 is 0 Å². The average molecular weight is 237 g/mol. The van der Waals surface area contributed by atoms with E-state index in [2.05, 4.69) is 6.92 Å². The van der Waals surface area contributed by atoms with Crippen molar-refractivity contribution in [3.05, 3.63) is 35.1 Å². The van der Waals surface area contributed by atoms with Gasteiger partial charge in [0.2, 0.25) is 0 Å². The predicted molar refractivity (Wildman–Crippen MR) is 66.3 cm³/mol. The van der Waals surface area contributed by atoms with Crippen LogP contribution in [0.25, 0.3) is 0 Å². The van der Waals surface area contributed by atoms with Gasteiger partial charge in [0.15, 0.2) is 0 Å². The van der Waals surface area contributed by atoms with Gasteiger partial charge in [-0.25, -0.2) is 4.39 Å². The number of halogens is 1. The van der Waals surface area contributed by atoms with E-state index in [1.54, 1.807) is 6.07 Å². The Bertz CT molecular complexity index is 394. The van der Waals surface area contributed by atoms with Crippen LogP contribution in [0.3, 0.4) is 0 Å². The lowest BCUT2D eigenvalue weighted by atomic mass is 9.92. The summed E-state index contributed by atoms with van der Waals surface area (Å²) in [5.74, 6) is 0.330. The molecular formula is C14H20FNO. The molecule has 2 N–H and O–H groups in total. The van der Waals surface area contributed by atoms with Crippen molar-refractivity contribution in [1.29, 1.82) is 0 Å². The lowest BCUT2D eigenvalue weighted by molar-refractivity contribution is 0.0726. The highest BCUT2D eigenvalue weighted by Gasteiger charge is 2.29. The van der Waals surface area contributed by atoms with E-state index in [9.17, 15) is 4.39 Å². The van der Waals surface area contributed by atoms with E-state index in [1.807, 2.05) is 13.0 Å². The first kappa shape index (κ1) is 12.5. The zero-order chi connectivity index (χ0) is 12.4. The Morgan fingerprint density at radius 1 is 1.53 bits per heavy atom. The van der Waals surface area contributed by atoms with Gasteiger partial charge in [-0.15, -0.1) is 0 Å². The van der Waals surface area contributed by atoms with Crippen molar-refractivity contribution in [2.75, 3.05) is 6.61 Å². The zero-order valence-electron chi connectivity index (χ0n) is 10.4. The van der Waals surface area contributed by atoms with Gasteiger partial charge in [-0.05, 0) is 48.9 Å². The third-order valence-electron chi connectivity index (χ3n) is 3.63. The standard InChI is InChI=1S/C14H20FNO/c1-9-5-6-17-14(9)13(16)8-11-3-4-12(15)7-10(11)2/h3-4,7,9,13-14H,5-6,8,16H2,1-2H3. The monoisotopic (exact) mass is 237 g/mol. The SMILES string of the molecule is Cc1cc(F)ccc1CC(N)C1OCCC1C. The van der Waals surface area contributed by atoms with E-state index in [1.165, 1.54) is 6.07 Å². The summed E-state index contributed by atoms with van der Waals surface area (Å²) in [6.45, 7) is 4.90. The first-order valence-electron chi connectivity index (χ1n) is 6.20. The molecule has 1 aromatic carbocycles. The Labute approximate surface area is 102 Å². The van der Waals surface area contributed by atoms with Crippen LogP contribution in [0.5, 0.6) is 0 Å². The van der Waals surface area contributed by atoms with Crippen molar-refractivity contribution in [2.24, 2.45) is 11.7 Å². The van der Waals surface area contributed by atoms with Crippen molar-refractivity contribution in [3.63, 3.8) is 0 Å². The van der Waals surface area contributed by atoms with Crippen LogP contribution < -0.4 is 5.73 Å². The minimum Gasteiger partial charge on any atom is -0.376 e. The van der Waals surface area contributed by atoms with Crippen LogP contribution >= 0.6 is 0 Å². The number of hydrogen-bond donors (Lipinski definition) is 1. The van der Waals surface area contributed by atoms with Crippen LogP contribution in [-0.4, -0.2) is 18.8 Å². The van der Waals surface area contributed by atoms with E-state index < -0.39 is 0 Å². The van der Waals surface area contributed by atoms with Gasteiger partial charge in [-0.1, -0.05) is 13.0 Å². The molecule has 94 valence electrons. The second-order valence-corrected chi connectivity index (χ2v) is 5.04. The maximum absolute atomic E-state index is 13.0. The number of rotatable bonds is 3. The molecule has 1 aliphatic heterocycles. The molecule has 3 heteroatoms. The van der Waals surface area contributed by atoms with E-state index in [-0.39, 0.29) is 18.0 Å². The molecule has 0 spiro atoms. The Morgan fingerprint density at radius 2 is 2.29 bits per heavy atom. The molecule has 1 aliphatic rings. The van der Waals surface area contributed by atoms with Crippen molar-refractivity contribution in [1.82, 2.24) is 0 Å². The van der Waals surface area contributed by atoms with Gasteiger partial charge in [0.05, 0.1) is 6.10 Å². The smallest absolute Gasteiger partial charge is 0.123 e. The molecule has 1 heterocycles. The first-order valence-corrected chi connectivity index (χ1v) is 6.20. The lowest BCUT2D eigenvalue weighted by Crippen LogP contribution is -2.39. The fraction of sp³-hybridized carbons (Fsp3) is 0.571. The van der Waals surface area contributed by atoms with Crippen molar-refractivity contribution in [2.45, 2.75) is 38.8 Å². The number of aryl methyl sites for hydroxylation is 1. The van der Waals surface area contributed by atoms with Crippen molar-refractivity contribution in [3.8, 4) is 0 Å². The summed E-state index contributed by atoms with van der Waals surface area (Å²) in [6, 6.07) is 4.87. The highest BCUT2D eigenvalue weighted by Crippen LogP contribution is 2.24. The molecule has 0 aliphatic carbocycles. The Kier molecular flexibility index (Phi) is 3.79. The third-order valence-corrected chi connectivity index (χ3v) is 3.63. The van der Waals surface area contributed by atoms with Crippen LogP contribution in [0.4, 0.5) is 4.39 Å². The maximum Gasteiger partial charge on any atom is 0.123 e. The summed E-state index contributed by atoms with van der Waals surface area (Å²) >= 11 is 0. The van der Waals surface area contributed by atoms with E-state index in [0.717, 1.165) is 30.6 Å². The Balaban J connectivity index is 2.04. The molecule has 0 aromatic heterocycles. The van der Waals surface area contributed by atoms with Crippen LogP contribution in [0.1, 0.15) is 24.5 Å². The number of benzene rings is 1. The third kappa shape index (κ3) is 2.85. The zero-order valence-corrected chi connectivity index (χ0v) is 10.4. The first-order chi connectivity index (χ1) is 8.08. The van der Waals surface area contributed by atoms with Gasteiger partial charge in [-0.2, -0.15) is 0 Å². The fourth-order valence-corrected chi connectivity index (χ4v) is 2.52. The fourth-order valence-electron chi connectivity index (χ4n) is 2.52.